The molecular weight excluding hydrogens is 198 g/mol. The van der Waals surface area contributed by atoms with Gasteiger partial charge in [0, 0.05) is 0 Å². The fourth-order valence-corrected chi connectivity index (χ4v) is 0.268. The summed E-state index contributed by atoms with van der Waals surface area (Å²) in [7, 11) is 1.97. The van der Waals surface area contributed by atoms with E-state index in [1.807, 2.05) is 24.6 Å². The molecule has 0 spiro atoms. The van der Waals surface area contributed by atoms with Gasteiger partial charge in [0.15, 0.2) is 0 Å². The summed E-state index contributed by atoms with van der Waals surface area (Å²) in [5.74, 6) is 0. The molecule has 0 aromatic heterocycles. The van der Waals surface area contributed by atoms with Crippen LogP contribution < -0.4 is 5.32 Å². The van der Waals surface area contributed by atoms with Crippen molar-refractivity contribution < 1.29 is 10.1 Å². The minimum absolute atomic E-state index is 0. The summed E-state index contributed by atoms with van der Waals surface area (Å²) in [5, 5.41) is 1.96. The normalized spacial score (nSPS) is 6.38. The van der Waals surface area contributed by atoms with Gasteiger partial charge in [-0.25, -0.2) is 0 Å². The standard InChI is InChI=1S/C5H9N.C4H6O.5CH4/c1-3-4-5-6-2;1-2-3-4-5;;;;;/h3-6H,1H2,2H3;2-4H,1H3;5*1H4/p+1. The van der Waals surface area contributed by atoms with Crippen molar-refractivity contribution >= 4 is 6.29 Å². The number of aldehydes is 1. The SMILES string of the molecule is C.C.C.C.C.C=CC=C[NH2+]C.CC=CC=O. The van der Waals surface area contributed by atoms with Gasteiger partial charge < -0.3 is 5.32 Å². The van der Waals surface area contributed by atoms with E-state index >= 15 is 0 Å². The van der Waals surface area contributed by atoms with E-state index in [1.54, 1.807) is 19.1 Å². The van der Waals surface area contributed by atoms with Gasteiger partial charge in [0.2, 0.25) is 0 Å². The molecule has 0 aliphatic rings. The second-order valence-corrected chi connectivity index (χ2v) is 1.62. The van der Waals surface area contributed by atoms with E-state index in [-0.39, 0.29) is 37.1 Å². The smallest absolute Gasteiger partial charge is 0.142 e. The summed E-state index contributed by atoms with van der Waals surface area (Å²) < 4.78 is 0. The highest BCUT2D eigenvalue weighted by Crippen LogP contribution is 1.57. The van der Waals surface area contributed by atoms with Crippen molar-refractivity contribution in [2.24, 2.45) is 0 Å². The number of allylic oxidation sites excluding steroid dienone is 4. The lowest BCUT2D eigenvalue weighted by atomic mass is 10.6. The Morgan fingerprint density at radius 3 is 1.50 bits per heavy atom. The first-order valence-corrected chi connectivity index (χ1v) is 3.47. The monoisotopic (exact) mass is 234 g/mol. The fourth-order valence-electron chi connectivity index (χ4n) is 0.268. The highest BCUT2D eigenvalue weighted by atomic mass is 16.1. The zero-order valence-electron chi connectivity index (χ0n) is 7.16. The first kappa shape index (κ1) is 46.2. The van der Waals surface area contributed by atoms with Crippen molar-refractivity contribution in [1.82, 2.24) is 0 Å². The minimum atomic E-state index is 0. The molecule has 0 heterocycles. The Bertz CT molecular complexity index is 138. The van der Waals surface area contributed by atoms with Crippen LogP contribution in [0, 0.1) is 0 Å². The van der Waals surface area contributed by atoms with Crippen LogP contribution in [0.2, 0.25) is 0 Å². The minimum Gasteiger partial charge on any atom is -0.322 e. The van der Waals surface area contributed by atoms with Crippen LogP contribution in [-0.4, -0.2) is 13.3 Å². The molecule has 0 aliphatic heterocycles. The Kier molecular flexibility index (Phi) is 193. The van der Waals surface area contributed by atoms with E-state index in [0.717, 1.165) is 6.29 Å². The summed E-state index contributed by atoms with van der Waals surface area (Å²) >= 11 is 0. The topological polar surface area (TPSA) is 33.7 Å². The van der Waals surface area contributed by atoms with Crippen molar-refractivity contribution in [2.45, 2.75) is 44.1 Å². The third-order valence-electron chi connectivity index (χ3n) is 0.711. The van der Waals surface area contributed by atoms with Crippen LogP contribution in [0.1, 0.15) is 44.1 Å². The molecule has 0 amide bonds. The van der Waals surface area contributed by atoms with Gasteiger partial charge in [0.25, 0.3) is 0 Å². The molecule has 0 rings (SSSR count). The molecule has 2 N–H and O–H groups in total. The van der Waals surface area contributed by atoms with Crippen LogP contribution in [0.3, 0.4) is 0 Å². The van der Waals surface area contributed by atoms with Crippen LogP contribution >= 0.6 is 0 Å². The van der Waals surface area contributed by atoms with Gasteiger partial charge >= 0.3 is 0 Å². The lowest BCUT2D eigenvalue weighted by molar-refractivity contribution is -0.556. The van der Waals surface area contributed by atoms with Crippen LogP contribution in [0.25, 0.3) is 0 Å². The maximum Gasteiger partial charge on any atom is 0.142 e. The second kappa shape index (κ2) is 66.8. The Morgan fingerprint density at radius 2 is 1.44 bits per heavy atom. The van der Waals surface area contributed by atoms with Crippen LogP contribution in [-0.2, 0) is 4.79 Å². The first-order chi connectivity index (χ1) is 5.33. The number of hydrogen-bond donors (Lipinski definition) is 1. The molecular formula is C14H36NO+. The zero-order chi connectivity index (χ0) is 8.95. The van der Waals surface area contributed by atoms with E-state index in [0.29, 0.717) is 0 Å². The molecule has 102 valence electrons. The van der Waals surface area contributed by atoms with Crippen molar-refractivity contribution in [1.29, 1.82) is 0 Å². The highest BCUT2D eigenvalue weighted by molar-refractivity contribution is 5.64. The number of quaternary nitrogens is 1. The van der Waals surface area contributed by atoms with Crippen LogP contribution in [0.15, 0.2) is 37.1 Å². The number of rotatable bonds is 3. The number of carbonyl (C=O) groups excluding carboxylic acids is 1. The Hall–Kier alpha value is -1.15. The molecule has 0 saturated carbocycles. The van der Waals surface area contributed by atoms with Gasteiger partial charge in [-0.3, -0.25) is 4.79 Å². The lowest BCUT2D eigenvalue weighted by Crippen LogP contribution is -2.72. The molecule has 2 nitrogen and oxygen atoms in total. The number of hydrogen-bond acceptors (Lipinski definition) is 1. The van der Waals surface area contributed by atoms with Gasteiger partial charge in [-0.05, 0) is 19.1 Å². The van der Waals surface area contributed by atoms with Gasteiger partial charge in [-0.1, -0.05) is 55.9 Å². The summed E-state index contributed by atoms with van der Waals surface area (Å²) in [6.45, 7) is 5.29. The Labute approximate surface area is 105 Å². The Balaban J connectivity index is -0.0000000155. The number of carbonyl (C=O) groups is 1. The third kappa shape index (κ3) is 122. The molecule has 0 fully saturated rings. The van der Waals surface area contributed by atoms with Gasteiger partial charge in [-0.2, -0.15) is 0 Å². The maximum absolute atomic E-state index is 9.32. The van der Waals surface area contributed by atoms with Crippen LogP contribution in [0.5, 0.6) is 0 Å². The van der Waals surface area contributed by atoms with Crippen molar-refractivity contribution in [2.75, 3.05) is 7.05 Å². The molecule has 0 aliphatic carbocycles. The molecule has 2 heteroatoms. The predicted octanol–water partition coefficient (Wildman–Crippen LogP) is 3.82. The molecule has 0 radical (unpaired) electrons. The van der Waals surface area contributed by atoms with E-state index in [2.05, 4.69) is 6.58 Å². The average Bonchev–Trinajstić information content (AvgIpc) is 2.04. The zero-order valence-corrected chi connectivity index (χ0v) is 7.16. The quantitative estimate of drug-likeness (QED) is 0.449. The summed E-state index contributed by atoms with van der Waals surface area (Å²) in [5.41, 5.74) is 0. The molecule has 0 atom stereocenters. The molecule has 16 heavy (non-hydrogen) atoms. The number of nitrogens with two attached hydrogens (primary N) is 1. The summed E-state index contributed by atoms with van der Waals surface area (Å²) in [4.78, 5) is 9.32. The molecule has 0 aromatic carbocycles. The Morgan fingerprint density at radius 1 is 1.00 bits per heavy atom. The van der Waals surface area contributed by atoms with Crippen molar-refractivity contribution in [3.05, 3.63) is 37.1 Å². The highest BCUT2D eigenvalue weighted by Gasteiger charge is 1.55. The first-order valence-electron chi connectivity index (χ1n) is 3.47. The van der Waals surface area contributed by atoms with Gasteiger partial charge in [-0.15, -0.1) is 0 Å². The van der Waals surface area contributed by atoms with E-state index < -0.39 is 0 Å². The third-order valence-corrected chi connectivity index (χ3v) is 0.711. The van der Waals surface area contributed by atoms with Crippen molar-refractivity contribution in [3.63, 3.8) is 0 Å². The van der Waals surface area contributed by atoms with Gasteiger partial charge in [0.1, 0.15) is 6.29 Å². The molecule has 0 bridgehead atoms. The fraction of sp³-hybridized carbons (Fsp3) is 0.500. The molecule has 0 unspecified atom stereocenters. The van der Waals surface area contributed by atoms with Crippen molar-refractivity contribution in [3.8, 4) is 0 Å². The lowest BCUT2D eigenvalue weighted by Gasteiger charge is -1.69. The second-order valence-electron chi connectivity index (χ2n) is 1.62. The van der Waals surface area contributed by atoms with Crippen LogP contribution in [0.4, 0.5) is 0 Å². The summed E-state index contributed by atoms with van der Waals surface area (Å²) in [6.07, 6.45) is 9.46. The van der Waals surface area contributed by atoms with E-state index in [9.17, 15) is 4.79 Å². The predicted molar refractivity (Wildman–Crippen MR) is 81.7 cm³/mol. The van der Waals surface area contributed by atoms with E-state index in [4.69, 9.17) is 0 Å². The van der Waals surface area contributed by atoms with E-state index in [1.165, 1.54) is 6.08 Å². The summed E-state index contributed by atoms with van der Waals surface area (Å²) in [6, 6.07) is 0. The molecule has 0 saturated heterocycles. The van der Waals surface area contributed by atoms with Gasteiger partial charge in [0.05, 0.1) is 13.2 Å². The molecule has 0 aromatic rings. The average molecular weight is 234 g/mol. The maximum atomic E-state index is 9.32. The largest absolute Gasteiger partial charge is 0.322 e.